The molecule has 1 aromatic carbocycles. The molecule has 0 saturated heterocycles. The Balaban J connectivity index is 2.68. The minimum absolute atomic E-state index is 0.0964. The van der Waals surface area contributed by atoms with E-state index in [1.165, 1.54) is 7.11 Å². The van der Waals surface area contributed by atoms with Crippen LogP contribution in [0.2, 0.25) is 0 Å². The minimum Gasteiger partial charge on any atom is -0.452 e. The number of carbonyl (C=O) groups excluding carboxylic acids is 1. The van der Waals surface area contributed by atoms with Crippen molar-refractivity contribution < 1.29 is 9.53 Å². The Morgan fingerprint density at radius 1 is 1.47 bits per heavy atom. The maximum Gasteiger partial charge on any atom is 0.426 e. The highest BCUT2D eigenvalue weighted by Crippen LogP contribution is 2.04. The van der Waals surface area contributed by atoms with Gasteiger partial charge >= 0.3 is 6.09 Å². The molecule has 0 aliphatic heterocycles. The average molecular weight is 251 g/mol. The maximum atomic E-state index is 12.0. The Morgan fingerprint density at radius 3 is 2.88 bits per heavy atom. The molecule has 1 aromatic heterocycles. The molecule has 6 nitrogen and oxygen atoms in total. The van der Waals surface area contributed by atoms with Crippen molar-refractivity contribution in [3.8, 4) is 0 Å². The number of benzene rings is 1. The Kier molecular flexibility index (Phi) is 2.92. The summed E-state index contributed by atoms with van der Waals surface area (Å²) in [6, 6.07) is 6.88. The summed E-state index contributed by atoms with van der Waals surface area (Å²) in [5.41, 5.74) is 2.44. The van der Waals surface area contributed by atoms with Crippen LogP contribution in [0.5, 0.6) is 0 Å². The van der Waals surface area contributed by atoms with E-state index in [1.54, 1.807) is 24.3 Å². The number of para-hydroxylation sites is 1. The van der Waals surface area contributed by atoms with Gasteiger partial charge in [0.05, 0.1) is 18.0 Å². The molecule has 2 rings (SSSR count). The maximum absolute atomic E-state index is 12.0. The van der Waals surface area contributed by atoms with Crippen LogP contribution in [0.25, 0.3) is 10.9 Å². The second-order valence-corrected chi connectivity index (χ2v) is 3.61. The SMILES string of the molecule is COC(=O)Nn1c(=S)[nH]c2ccccc2c1=O. The Morgan fingerprint density at radius 2 is 2.18 bits per heavy atom. The number of hydrogen-bond donors (Lipinski definition) is 2. The summed E-state index contributed by atoms with van der Waals surface area (Å²) in [4.78, 5) is 25.9. The summed E-state index contributed by atoms with van der Waals surface area (Å²) in [7, 11) is 1.20. The van der Waals surface area contributed by atoms with Gasteiger partial charge < -0.3 is 9.72 Å². The van der Waals surface area contributed by atoms with Gasteiger partial charge in [-0.3, -0.25) is 4.79 Å². The summed E-state index contributed by atoms with van der Waals surface area (Å²) in [6.07, 6.45) is -0.762. The van der Waals surface area contributed by atoms with Crippen molar-refractivity contribution in [1.82, 2.24) is 9.66 Å². The molecule has 0 unspecified atom stereocenters. The van der Waals surface area contributed by atoms with E-state index in [9.17, 15) is 9.59 Å². The molecule has 1 amide bonds. The Bertz CT molecular complexity index is 689. The molecule has 88 valence electrons. The number of nitrogens with one attached hydrogen (secondary N) is 2. The van der Waals surface area contributed by atoms with Crippen LogP contribution in [0.1, 0.15) is 0 Å². The summed E-state index contributed by atoms with van der Waals surface area (Å²) < 4.78 is 5.44. The summed E-state index contributed by atoms with van der Waals surface area (Å²) >= 11 is 4.97. The number of amides is 1. The van der Waals surface area contributed by atoms with Crippen LogP contribution in [0.4, 0.5) is 4.79 Å². The standard InChI is InChI=1S/C10H9N3O3S/c1-16-10(15)12-13-8(14)6-4-2-3-5-7(6)11-9(13)17/h2-5H,1H3,(H,11,17)(H,12,15). The molecular formula is C10H9N3O3S. The monoisotopic (exact) mass is 251 g/mol. The highest BCUT2D eigenvalue weighted by molar-refractivity contribution is 7.71. The first-order valence-corrected chi connectivity index (χ1v) is 5.13. The third-order valence-corrected chi connectivity index (χ3v) is 2.48. The van der Waals surface area contributed by atoms with Crippen molar-refractivity contribution in [3.63, 3.8) is 0 Å². The molecule has 17 heavy (non-hydrogen) atoms. The highest BCUT2D eigenvalue weighted by Gasteiger charge is 2.07. The number of fused-ring (bicyclic) bond motifs is 1. The third kappa shape index (κ3) is 2.04. The number of aromatic nitrogens is 2. The predicted octanol–water partition coefficient (Wildman–Crippen LogP) is 1.37. The summed E-state index contributed by atoms with van der Waals surface area (Å²) in [5, 5.41) is 0.428. The van der Waals surface area contributed by atoms with Crippen LogP contribution in [0, 0.1) is 4.77 Å². The van der Waals surface area contributed by atoms with E-state index < -0.39 is 11.7 Å². The van der Waals surface area contributed by atoms with Gasteiger partial charge in [-0.1, -0.05) is 12.1 Å². The number of ether oxygens (including phenoxy) is 1. The average Bonchev–Trinajstić information content (AvgIpc) is 2.34. The van der Waals surface area contributed by atoms with Crippen LogP contribution < -0.4 is 11.0 Å². The minimum atomic E-state index is -0.762. The molecule has 0 aliphatic carbocycles. The van der Waals surface area contributed by atoms with Crippen molar-refractivity contribution >= 4 is 29.2 Å². The third-order valence-electron chi connectivity index (χ3n) is 2.19. The molecule has 0 aliphatic rings. The molecule has 0 radical (unpaired) electrons. The van der Waals surface area contributed by atoms with Crippen molar-refractivity contribution in [3.05, 3.63) is 39.4 Å². The van der Waals surface area contributed by atoms with Crippen LogP contribution >= 0.6 is 12.2 Å². The lowest BCUT2D eigenvalue weighted by molar-refractivity contribution is 0.183. The van der Waals surface area contributed by atoms with Gasteiger partial charge in [0.1, 0.15) is 0 Å². The van der Waals surface area contributed by atoms with Crippen molar-refractivity contribution in [2.75, 3.05) is 12.5 Å². The van der Waals surface area contributed by atoms with E-state index in [4.69, 9.17) is 12.2 Å². The Hall–Kier alpha value is -2.15. The zero-order valence-electron chi connectivity index (χ0n) is 8.89. The molecule has 0 bridgehead atoms. The first kappa shape index (κ1) is 11.3. The lowest BCUT2D eigenvalue weighted by atomic mass is 10.2. The zero-order chi connectivity index (χ0) is 12.4. The van der Waals surface area contributed by atoms with Gasteiger partial charge in [-0.25, -0.2) is 10.2 Å². The van der Waals surface area contributed by atoms with Gasteiger partial charge in [0.25, 0.3) is 5.56 Å². The first-order valence-electron chi connectivity index (χ1n) is 4.72. The molecule has 0 atom stereocenters. The van der Waals surface area contributed by atoms with E-state index in [2.05, 4.69) is 15.1 Å². The highest BCUT2D eigenvalue weighted by atomic mass is 32.1. The first-order chi connectivity index (χ1) is 8.13. The predicted molar refractivity (Wildman–Crippen MR) is 65.2 cm³/mol. The number of methoxy groups -OCH3 is 1. The molecular weight excluding hydrogens is 242 g/mol. The second kappa shape index (κ2) is 4.38. The van der Waals surface area contributed by atoms with E-state index in [-0.39, 0.29) is 4.77 Å². The van der Waals surface area contributed by atoms with Gasteiger partial charge in [-0.15, -0.1) is 0 Å². The fraction of sp³-hybridized carbons (Fsp3) is 0.100. The number of hydrogen-bond acceptors (Lipinski definition) is 4. The number of carbonyl (C=O) groups is 1. The normalized spacial score (nSPS) is 10.2. The molecule has 1 heterocycles. The fourth-order valence-electron chi connectivity index (χ4n) is 1.40. The lowest BCUT2D eigenvalue weighted by Gasteiger charge is -2.07. The fourth-order valence-corrected chi connectivity index (χ4v) is 1.64. The zero-order valence-corrected chi connectivity index (χ0v) is 9.71. The number of aromatic amines is 1. The largest absolute Gasteiger partial charge is 0.452 e. The van der Waals surface area contributed by atoms with E-state index >= 15 is 0 Å². The van der Waals surface area contributed by atoms with Crippen LogP contribution in [-0.4, -0.2) is 22.9 Å². The van der Waals surface area contributed by atoms with Crippen molar-refractivity contribution in [2.45, 2.75) is 0 Å². The number of rotatable bonds is 1. The van der Waals surface area contributed by atoms with Gasteiger partial charge in [0.2, 0.25) is 0 Å². The van der Waals surface area contributed by atoms with Crippen LogP contribution in [0.3, 0.4) is 0 Å². The smallest absolute Gasteiger partial charge is 0.426 e. The topological polar surface area (TPSA) is 76.1 Å². The van der Waals surface area contributed by atoms with Gasteiger partial charge in [0.15, 0.2) is 4.77 Å². The number of H-pyrrole nitrogens is 1. The molecule has 0 saturated carbocycles. The van der Waals surface area contributed by atoms with Crippen LogP contribution in [0.15, 0.2) is 29.1 Å². The molecule has 2 aromatic rings. The second-order valence-electron chi connectivity index (χ2n) is 3.22. The van der Waals surface area contributed by atoms with E-state index in [1.807, 2.05) is 0 Å². The van der Waals surface area contributed by atoms with E-state index in [0.29, 0.717) is 10.9 Å². The van der Waals surface area contributed by atoms with Crippen molar-refractivity contribution in [2.24, 2.45) is 0 Å². The lowest BCUT2D eigenvalue weighted by Crippen LogP contribution is -2.34. The van der Waals surface area contributed by atoms with Crippen LogP contribution in [-0.2, 0) is 4.74 Å². The molecule has 2 N–H and O–H groups in total. The molecule has 0 fully saturated rings. The van der Waals surface area contributed by atoms with Gasteiger partial charge in [0, 0.05) is 0 Å². The van der Waals surface area contributed by atoms with Gasteiger partial charge in [-0.2, -0.15) is 4.68 Å². The molecule has 7 heteroatoms. The van der Waals surface area contributed by atoms with Gasteiger partial charge in [-0.05, 0) is 24.4 Å². The number of nitrogens with zero attached hydrogens (tertiary/aromatic N) is 1. The summed E-state index contributed by atoms with van der Waals surface area (Å²) in [6.45, 7) is 0. The van der Waals surface area contributed by atoms with E-state index in [0.717, 1.165) is 4.68 Å². The Labute approximate surface area is 101 Å². The summed E-state index contributed by atoms with van der Waals surface area (Å²) in [5.74, 6) is 0. The quantitative estimate of drug-likeness (QED) is 0.750. The van der Waals surface area contributed by atoms with Crippen molar-refractivity contribution in [1.29, 1.82) is 0 Å². The molecule has 0 spiro atoms.